The van der Waals surface area contributed by atoms with Crippen molar-refractivity contribution in [2.75, 3.05) is 31.0 Å². The third-order valence-corrected chi connectivity index (χ3v) is 5.86. The zero-order chi connectivity index (χ0) is 22.9. The standard InChI is InChI=1S/C23H29F2N3O3/c1-14-8-17(12-27(3)22(14)30)16-6-7-19(20(9-16)28(4)15(2)13-31-5)26-21(29)18-10-23(24,25)11-18/h6-9,12,15,18H,10-11,13H2,1-5H3,(H,26,29)/t15-/m1/s1. The van der Waals surface area contributed by atoms with Crippen molar-refractivity contribution in [1.29, 1.82) is 0 Å². The van der Waals surface area contributed by atoms with E-state index in [0.29, 0.717) is 17.9 Å². The lowest BCUT2D eigenvalue weighted by molar-refractivity contribution is -0.145. The summed E-state index contributed by atoms with van der Waals surface area (Å²) in [7, 11) is 5.21. The van der Waals surface area contributed by atoms with E-state index in [9.17, 15) is 18.4 Å². The summed E-state index contributed by atoms with van der Waals surface area (Å²) in [5.41, 5.74) is 3.61. The maximum atomic E-state index is 13.2. The molecule has 1 aromatic heterocycles. The molecule has 1 atom stereocenters. The molecule has 1 aliphatic rings. The van der Waals surface area contributed by atoms with Crippen LogP contribution in [0, 0.1) is 12.8 Å². The van der Waals surface area contributed by atoms with E-state index >= 15 is 0 Å². The lowest BCUT2D eigenvalue weighted by Gasteiger charge is -2.34. The number of halogens is 2. The van der Waals surface area contributed by atoms with Gasteiger partial charge in [0, 0.05) is 57.8 Å². The lowest BCUT2D eigenvalue weighted by Crippen LogP contribution is -2.42. The van der Waals surface area contributed by atoms with Crippen molar-refractivity contribution >= 4 is 17.3 Å². The Kier molecular flexibility index (Phi) is 6.50. The van der Waals surface area contributed by atoms with Gasteiger partial charge in [-0.25, -0.2) is 8.78 Å². The summed E-state index contributed by atoms with van der Waals surface area (Å²) < 4.78 is 33.2. The molecule has 0 spiro atoms. The quantitative estimate of drug-likeness (QED) is 0.721. The Balaban J connectivity index is 1.97. The monoisotopic (exact) mass is 433 g/mol. The van der Waals surface area contributed by atoms with Crippen LogP contribution < -0.4 is 15.8 Å². The second-order valence-electron chi connectivity index (χ2n) is 8.43. The number of likely N-dealkylation sites (N-methyl/N-ethyl adjacent to an activating group) is 1. The summed E-state index contributed by atoms with van der Waals surface area (Å²) in [4.78, 5) is 26.5. The van der Waals surface area contributed by atoms with Gasteiger partial charge in [-0.2, -0.15) is 0 Å². The molecule has 0 unspecified atom stereocenters. The number of methoxy groups -OCH3 is 1. The normalized spacial score (nSPS) is 16.5. The van der Waals surface area contributed by atoms with E-state index in [2.05, 4.69) is 5.32 Å². The van der Waals surface area contributed by atoms with Crippen LogP contribution in [0.15, 0.2) is 35.3 Å². The minimum absolute atomic E-state index is 0.00537. The highest BCUT2D eigenvalue weighted by Gasteiger charge is 2.48. The molecule has 1 N–H and O–H groups in total. The van der Waals surface area contributed by atoms with Crippen molar-refractivity contribution in [3.63, 3.8) is 0 Å². The second kappa shape index (κ2) is 8.78. The second-order valence-corrected chi connectivity index (χ2v) is 8.43. The maximum absolute atomic E-state index is 13.2. The molecule has 1 saturated carbocycles. The fourth-order valence-electron chi connectivity index (χ4n) is 3.82. The Morgan fingerprint density at radius 2 is 2.00 bits per heavy atom. The van der Waals surface area contributed by atoms with Crippen LogP contribution in [0.4, 0.5) is 20.2 Å². The van der Waals surface area contributed by atoms with Gasteiger partial charge in [0.1, 0.15) is 0 Å². The van der Waals surface area contributed by atoms with Crippen LogP contribution in [0.5, 0.6) is 0 Å². The molecule has 1 heterocycles. The van der Waals surface area contributed by atoms with Crippen molar-refractivity contribution < 1.29 is 18.3 Å². The summed E-state index contributed by atoms with van der Waals surface area (Å²) in [6.45, 7) is 4.23. The molecule has 0 bridgehead atoms. The average Bonchev–Trinajstić information content (AvgIpc) is 2.69. The maximum Gasteiger partial charge on any atom is 0.253 e. The molecule has 2 aromatic rings. The van der Waals surface area contributed by atoms with Crippen molar-refractivity contribution in [2.24, 2.45) is 13.0 Å². The summed E-state index contributed by atoms with van der Waals surface area (Å²) in [6.07, 6.45) is 0.931. The number of hydrogen-bond acceptors (Lipinski definition) is 4. The van der Waals surface area contributed by atoms with E-state index in [1.807, 2.05) is 37.1 Å². The predicted molar refractivity (Wildman–Crippen MR) is 118 cm³/mol. The number of alkyl halides is 2. The van der Waals surface area contributed by atoms with Crippen LogP contribution in [-0.4, -0.2) is 43.2 Å². The van der Waals surface area contributed by atoms with Gasteiger partial charge in [-0.15, -0.1) is 0 Å². The van der Waals surface area contributed by atoms with Crippen molar-refractivity contribution in [3.05, 3.63) is 46.4 Å². The van der Waals surface area contributed by atoms with Gasteiger partial charge in [-0.3, -0.25) is 9.59 Å². The zero-order valence-corrected chi connectivity index (χ0v) is 18.5. The zero-order valence-electron chi connectivity index (χ0n) is 18.5. The first-order valence-electron chi connectivity index (χ1n) is 10.2. The van der Waals surface area contributed by atoms with Crippen molar-refractivity contribution in [1.82, 2.24) is 4.57 Å². The Labute approximate surface area is 180 Å². The largest absolute Gasteiger partial charge is 0.383 e. The number of amides is 1. The van der Waals surface area contributed by atoms with Gasteiger partial charge in [0.15, 0.2) is 0 Å². The molecule has 0 radical (unpaired) electrons. The van der Waals surface area contributed by atoms with E-state index in [1.54, 1.807) is 33.3 Å². The fourth-order valence-corrected chi connectivity index (χ4v) is 3.82. The Bertz CT molecular complexity index is 1000. The highest BCUT2D eigenvalue weighted by atomic mass is 19.3. The highest BCUT2D eigenvalue weighted by molar-refractivity contribution is 5.97. The first-order valence-corrected chi connectivity index (χ1v) is 10.2. The molecule has 1 aliphatic carbocycles. The molecular weight excluding hydrogens is 404 g/mol. The first-order chi connectivity index (χ1) is 14.5. The van der Waals surface area contributed by atoms with E-state index in [0.717, 1.165) is 16.8 Å². The summed E-state index contributed by atoms with van der Waals surface area (Å²) in [5.74, 6) is -3.83. The van der Waals surface area contributed by atoms with Gasteiger partial charge in [0.2, 0.25) is 11.8 Å². The lowest BCUT2D eigenvalue weighted by atomic mass is 9.80. The van der Waals surface area contributed by atoms with Crippen LogP contribution in [0.1, 0.15) is 25.3 Å². The molecule has 1 amide bonds. The van der Waals surface area contributed by atoms with Crippen LogP contribution in [0.2, 0.25) is 0 Å². The van der Waals surface area contributed by atoms with Crippen LogP contribution in [0.3, 0.4) is 0 Å². The van der Waals surface area contributed by atoms with Gasteiger partial charge in [-0.05, 0) is 43.2 Å². The van der Waals surface area contributed by atoms with E-state index in [4.69, 9.17) is 4.74 Å². The van der Waals surface area contributed by atoms with E-state index in [1.165, 1.54) is 4.57 Å². The summed E-state index contributed by atoms with van der Waals surface area (Å²) in [6, 6.07) is 7.38. The molecule has 31 heavy (non-hydrogen) atoms. The molecule has 0 saturated heterocycles. The Morgan fingerprint density at radius 1 is 1.32 bits per heavy atom. The smallest absolute Gasteiger partial charge is 0.253 e. The minimum atomic E-state index is -2.75. The Morgan fingerprint density at radius 3 is 2.58 bits per heavy atom. The number of pyridine rings is 1. The van der Waals surface area contributed by atoms with E-state index in [-0.39, 0.29) is 11.6 Å². The van der Waals surface area contributed by atoms with Gasteiger partial charge in [0.25, 0.3) is 5.56 Å². The molecule has 6 nitrogen and oxygen atoms in total. The number of nitrogens with one attached hydrogen (secondary N) is 1. The number of aromatic nitrogens is 1. The van der Waals surface area contributed by atoms with Gasteiger partial charge < -0.3 is 19.5 Å². The van der Waals surface area contributed by atoms with Crippen LogP contribution >= 0.6 is 0 Å². The van der Waals surface area contributed by atoms with Crippen LogP contribution in [0.25, 0.3) is 11.1 Å². The van der Waals surface area contributed by atoms with Crippen molar-refractivity contribution in [3.8, 4) is 11.1 Å². The topological polar surface area (TPSA) is 63.6 Å². The average molecular weight is 433 g/mol. The van der Waals surface area contributed by atoms with Gasteiger partial charge in [-0.1, -0.05) is 6.07 Å². The molecule has 3 rings (SSSR count). The first kappa shape index (κ1) is 22.9. The molecule has 168 valence electrons. The third-order valence-electron chi connectivity index (χ3n) is 5.86. The number of carbonyl (C=O) groups is 1. The third kappa shape index (κ3) is 4.95. The van der Waals surface area contributed by atoms with Crippen LogP contribution in [-0.2, 0) is 16.6 Å². The number of rotatable bonds is 7. The minimum Gasteiger partial charge on any atom is -0.383 e. The summed E-state index contributed by atoms with van der Waals surface area (Å²) >= 11 is 0. The van der Waals surface area contributed by atoms with Gasteiger partial charge >= 0.3 is 0 Å². The molecule has 0 aliphatic heterocycles. The SMILES string of the molecule is COC[C@@H](C)N(C)c1cc(-c2cc(C)c(=O)n(C)c2)ccc1NC(=O)C1CC(F)(F)C1. The van der Waals surface area contributed by atoms with Crippen molar-refractivity contribution in [2.45, 2.75) is 38.7 Å². The number of carbonyl (C=O) groups excluding carboxylic acids is 1. The van der Waals surface area contributed by atoms with E-state index < -0.39 is 30.6 Å². The number of ether oxygens (including phenoxy) is 1. The number of nitrogens with zero attached hydrogens (tertiary/aromatic N) is 2. The molecule has 1 aromatic carbocycles. The highest BCUT2D eigenvalue weighted by Crippen LogP contribution is 2.43. The molecular formula is C23H29F2N3O3. The molecule has 8 heteroatoms. The van der Waals surface area contributed by atoms with Gasteiger partial charge in [0.05, 0.1) is 18.0 Å². The number of aryl methyl sites for hydroxylation is 2. The fraction of sp³-hybridized carbons (Fsp3) is 0.478. The number of benzene rings is 1. The Hall–Kier alpha value is -2.74. The molecule has 1 fully saturated rings. The number of anilines is 2. The summed E-state index contributed by atoms with van der Waals surface area (Å²) in [5, 5.41) is 2.83. The predicted octanol–water partition coefficient (Wildman–Crippen LogP) is 3.82. The number of hydrogen-bond donors (Lipinski definition) is 1.